The fourth-order valence-corrected chi connectivity index (χ4v) is 3.27. The number of carbonyl (C=O) groups is 1. The molecule has 0 bridgehead atoms. The van der Waals surface area contributed by atoms with Crippen LogP contribution in [0.5, 0.6) is 0 Å². The van der Waals surface area contributed by atoms with Gasteiger partial charge in [-0.1, -0.05) is 18.2 Å². The van der Waals surface area contributed by atoms with Crippen molar-refractivity contribution in [3.63, 3.8) is 0 Å². The normalized spacial score (nSPS) is 11.2. The summed E-state index contributed by atoms with van der Waals surface area (Å²) in [6.07, 6.45) is 0. The molecule has 0 spiro atoms. The zero-order chi connectivity index (χ0) is 19.1. The van der Waals surface area contributed by atoms with E-state index in [0.29, 0.717) is 16.6 Å². The van der Waals surface area contributed by atoms with Gasteiger partial charge < -0.3 is 14.9 Å². The van der Waals surface area contributed by atoms with Crippen LogP contribution in [0.25, 0.3) is 21.9 Å². The summed E-state index contributed by atoms with van der Waals surface area (Å²) in [7, 11) is 3.38. The summed E-state index contributed by atoms with van der Waals surface area (Å²) in [4.78, 5) is 39.4. The lowest BCUT2D eigenvalue weighted by Gasteiger charge is -2.10. The molecule has 7 heteroatoms. The van der Waals surface area contributed by atoms with E-state index in [4.69, 9.17) is 0 Å². The zero-order valence-corrected chi connectivity index (χ0v) is 14.9. The molecular weight excluding hydrogens is 344 g/mol. The standard InChI is InChI=1S/C20H18N4O3/c1-23-16-6-4-3-5-12(16)9-14(19(23)26)11-21-18(25)13-7-8-17-15(10-13)22-20(27)24(17)2/h3-10H,11H2,1-2H3,(H,21,25)(H,22,27). The number of aromatic nitrogens is 3. The number of aryl methyl sites for hydroxylation is 2. The number of rotatable bonds is 3. The Morgan fingerprint density at radius 1 is 1.00 bits per heavy atom. The smallest absolute Gasteiger partial charge is 0.326 e. The Kier molecular flexibility index (Phi) is 3.92. The van der Waals surface area contributed by atoms with Crippen LogP contribution in [-0.4, -0.2) is 20.0 Å². The van der Waals surface area contributed by atoms with Crippen molar-refractivity contribution >= 4 is 27.8 Å². The number of benzene rings is 2. The molecular formula is C20H18N4O3. The van der Waals surface area contributed by atoms with E-state index < -0.39 is 0 Å². The fraction of sp³-hybridized carbons (Fsp3) is 0.150. The molecule has 7 nitrogen and oxygen atoms in total. The van der Waals surface area contributed by atoms with Crippen molar-refractivity contribution < 1.29 is 4.79 Å². The largest absolute Gasteiger partial charge is 0.348 e. The van der Waals surface area contributed by atoms with E-state index in [9.17, 15) is 14.4 Å². The Morgan fingerprint density at radius 2 is 1.78 bits per heavy atom. The topological polar surface area (TPSA) is 88.9 Å². The Hall–Kier alpha value is -3.61. The van der Waals surface area contributed by atoms with Gasteiger partial charge in [0.1, 0.15) is 0 Å². The van der Waals surface area contributed by atoms with Crippen molar-refractivity contribution in [2.24, 2.45) is 14.1 Å². The Balaban J connectivity index is 1.61. The van der Waals surface area contributed by atoms with Gasteiger partial charge in [0.25, 0.3) is 11.5 Å². The number of carbonyl (C=O) groups excluding carboxylic acids is 1. The summed E-state index contributed by atoms with van der Waals surface area (Å²) < 4.78 is 3.06. The van der Waals surface area contributed by atoms with Gasteiger partial charge in [0.15, 0.2) is 0 Å². The predicted molar refractivity (Wildman–Crippen MR) is 104 cm³/mol. The minimum atomic E-state index is -0.309. The third-order valence-electron chi connectivity index (χ3n) is 4.81. The lowest BCUT2D eigenvalue weighted by Crippen LogP contribution is -2.29. The molecule has 0 unspecified atom stereocenters. The van der Waals surface area contributed by atoms with Crippen LogP contribution in [0, 0.1) is 0 Å². The third-order valence-corrected chi connectivity index (χ3v) is 4.81. The maximum atomic E-state index is 12.5. The molecule has 0 saturated carbocycles. The quantitative estimate of drug-likeness (QED) is 0.581. The van der Waals surface area contributed by atoms with Gasteiger partial charge in [-0.3, -0.25) is 14.2 Å². The van der Waals surface area contributed by atoms with Crippen LogP contribution in [0.4, 0.5) is 0 Å². The van der Waals surface area contributed by atoms with Crippen LogP contribution in [0.3, 0.4) is 0 Å². The van der Waals surface area contributed by atoms with Gasteiger partial charge >= 0.3 is 5.69 Å². The SMILES string of the molecule is Cn1c(=O)c(CNC(=O)c2ccc3c(c2)[nH]c(=O)n3C)cc2ccccc21. The minimum absolute atomic E-state index is 0.125. The van der Waals surface area contributed by atoms with E-state index in [2.05, 4.69) is 10.3 Å². The second-order valence-corrected chi connectivity index (χ2v) is 6.50. The number of amides is 1. The molecule has 0 aliphatic heterocycles. The number of para-hydroxylation sites is 1. The number of hydrogen-bond acceptors (Lipinski definition) is 3. The van der Waals surface area contributed by atoms with Crippen LogP contribution >= 0.6 is 0 Å². The van der Waals surface area contributed by atoms with Crippen molar-refractivity contribution in [2.45, 2.75) is 6.54 Å². The average Bonchev–Trinajstić information content (AvgIpc) is 2.96. The van der Waals surface area contributed by atoms with Gasteiger partial charge in [-0.25, -0.2) is 4.79 Å². The molecule has 27 heavy (non-hydrogen) atoms. The molecule has 2 heterocycles. The molecule has 0 radical (unpaired) electrons. The lowest BCUT2D eigenvalue weighted by molar-refractivity contribution is 0.0951. The number of aromatic amines is 1. The van der Waals surface area contributed by atoms with Crippen molar-refractivity contribution in [1.29, 1.82) is 0 Å². The number of imidazole rings is 1. The molecule has 4 rings (SSSR count). The first-order chi connectivity index (χ1) is 13.0. The number of fused-ring (bicyclic) bond motifs is 2. The van der Waals surface area contributed by atoms with Gasteiger partial charge in [-0.2, -0.15) is 0 Å². The molecule has 1 amide bonds. The molecule has 0 saturated heterocycles. The van der Waals surface area contributed by atoms with E-state index >= 15 is 0 Å². The monoisotopic (exact) mass is 362 g/mol. The minimum Gasteiger partial charge on any atom is -0.348 e. The van der Waals surface area contributed by atoms with Crippen molar-refractivity contribution in [2.75, 3.05) is 0 Å². The summed E-state index contributed by atoms with van der Waals surface area (Å²) in [5, 5.41) is 3.72. The van der Waals surface area contributed by atoms with E-state index in [1.54, 1.807) is 42.9 Å². The Labute approximate surface area is 153 Å². The molecule has 2 N–H and O–H groups in total. The van der Waals surface area contributed by atoms with Crippen LogP contribution in [-0.2, 0) is 20.6 Å². The van der Waals surface area contributed by atoms with Crippen molar-refractivity contribution in [1.82, 2.24) is 19.4 Å². The van der Waals surface area contributed by atoms with E-state index in [-0.39, 0.29) is 23.7 Å². The molecule has 136 valence electrons. The average molecular weight is 362 g/mol. The highest BCUT2D eigenvalue weighted by molar-refractivity contribution is 5.97. The molecule has 0 aliphatic carbocycles. The summed E-state index contributed by atoms with van der Waals surface area (Å²) in [5.74, 6) is -0.309. The van der Waals surface area contributed by atoms with E-state index in [0.717, 1.165) is 16.4 Å². The fourth-order valence-electron chi connectivity index (χ4n) is 3.27. The van der Waals surface area contributed by atoms with E-state index in [1.807, 2.05) is 24.3 Å². The van der Waals surface area contributed by atoms with Gasteiger partial charge in [0.2, 0.25) is 0 Å². The molecule has 2 aromatic heterocycles. The second-order valence-electron chi connectivity index (χ2n) is 6.50. The van der Waals surface area contributed by atoms with Gasteiger partial charge in [-0.05, 0) is 35.7 Å². The number of H-pyrrole nitrogens is 1. The summed E-state index contributed by atoms with van der Waals surface area (Å²) in [6, 6.07) is 14.4. The zero-order valence-electron chi connectivity index (χ0n) is 14.9. The first-order valence-corrected chi connectivity index (χ1v) is 8.50. The first kappa shape index (κ1) is 16.8. The second kappa shape index (κ2) is 6.28. The Morgan fingerprint density at radius 3 is 2.59 bits per heavy atom. The first-order valence-electron chi connectivity index (χ1n) is 8.50. The van der Waals surface area contributed by atoms with Crippen LogP contribution in [0.1, 0.15) is 15.9 Å². The molecule has 4 aromatic rings. The summed E-state index contributed by atoms with van der Waals surface area (Å²) >= 11 is 0. The maximum Gasteiger partial charge on any atom is 0.326 e. The predicted octanol–water partition coefficient (Wildman–Crippen LogP) is 1.65. The lowest BCUT2D eigenvalue weighted by atomic mass is 10.1. The van der Waals surface area contributed by atoms with Crippen molar-refractivity contribution in [3.8, 4) is 0 Å². The van der Waals surface area contributed by atoms with Crippen LogP contribution < -0.4 is 16.6 Å². The highest BCUT2D eigenvalue weighted by Crippen LogP contribution is 2.14. The van der Waals surface area contributed by atoms with Crippen LogP contribution in [0.15, 0.2) is 58.1 Å². The number of hydrogen-bond donors (Lipinski definition) is 2. The highest BCUT2D eigenvalue weighted by Gasteiger charge is 2.11. The van der Waals surface area contributed by atoms with E-state index in [1.165, 1.54) is 4.57 Å². The number of nitrogens with one attached hydrogen (secondary N) is 2. The number of nitrogens with zero attached hydrogens (tertiary/aromatic N) is 2. The third kappa shape index (κ3) is 2.83. The molecule has 0 atom stereocenters. The van der Waals surface area contributed by atoms with Gasteiger partial charge in [0.05, 0.1) is 16.6 Å². The Bertz CT molecular complexity index is 1310. The van der Waals surface area contributed by atoms with Gasteiger partial charge in [0, 0.05) is 31.8 Å². The van der Waals surface area contributed by atoms with Crippen molar-refractivity contribution in [3.05, 3.63) is 80.5 Å². The summed E-state index contributed by atoms with van der Waals surface area (Å²) in [6.45, 7) is 0.125. The van der Waals surface area contributed by atoms with Gasteiger partial charge in [-0.15, -0.1) is 0 Å². The highest BCUT2D eigenvalue weighted by atomic mass is 16.2. The van der Waals surface area contributed by atoms with Crippen LogP contribution in [0.2, 0.25) is 0 Å². The molecule has 2 aromatic carbocycles. The number of pyridine rings is 1. The summed E-state index contributed by atoms with van der Waals surface area (Å²) in [5.41, 5.74) is 2.72. The molecule has 0 fully saturated rings. The molecule has 0 aliphatic rings. The maximum absolute atomic E-state index is 12.5.